The van der Waals surface area contributed by atoms with Crippen molar-refractivity contribution in [2.45, 2.75) is 51.1 Å². The average molecular weight is 603 g/mol. The highest BCUT2D eigenvalue weighted by Crippen LogP contribution is 2.43. The van der Waals surface area contributed by atoms with Crippen LogP contribution in [0.4, 0.5) is 0 Å². The Balaban J connectivity index is 1.21. The number of halogens is 2. The molecule has 6 rings (SSSR count). The third-order valence-corrected chi connectivity index (χ3v) is 8.81. The highest BCUT2D eigenvalue weighted by molar-refractivity contribution is 6.42. The quantitative estimate of drug-likeness (QED) is 0.204. The number of aliphatic hydroxyl groups excluding tert-OH is 1. The lowest BCUT2D eigenvalue weighted by atomic mass is 9.89. The van der Waals surface area contributed by atoms with Crippen LogP contribution in [0.3, 0.4) is 0 Å². The topological polar surface area (TPSA) is 51.2 Å². The molecular weight excluding hydrogens is 569 g/mol. The Morgan fingerprint density at radius 1 is 0.976 bits per heavy atom. The molecule has 42 heavy (non-hydrogen) atoms. The van der Waals surface area contributed by atoms with Crippen LogP contribution in [0.15, 0.2) is 97.3 Å². The van der Waals surface area contributed by atoms with Crippen molar-refractivity contribution in [1.82, 2.24) is 4.90 Å². The molecule has 1 N–H and O–H groups in total. The highest BCUT2D eigenvalue weighted by Gasteiger charge is 2.35. The molecule has 0 aromatic heterocycles. The zero-order chi connectivity index (χ0) is 29.2. The summed E-state index contributed by atoms with van der Waals surface area (Å²) in [6.07, 6.45) is 1.30. The molecule has 0 bridgehead atoms. The Labute approximate surface area is 256 Å². The zero-order valence-corrected chi connectivity index (χ0v) is 24.9. The predicted molar refractivity (Wildman–Crippen MR) is 167 cm³/mol. The summed E-state index contributed by atoms with van der Waals surface area (Å²) >= 11 is 12.2. The van der Waals surface area contributed by atoms with E-state index in [0.717, 1.165) is 40.4 Å². The van der Waals surface area contributed by atoms with Crippen LogP contribution in [-0.4, -0.2) is 22.7 Å². The van der Waals surface area contributed by atoms with Gasteiger partial charge in [0.25, 0.3) is 0 Å². The SMILES string of the molecule is C=C(O)C1Cc2cc3c(cc2CN1[C@@H](CC)c1ccccc1)OC(c1cccc(OCc2ccc(Cl)c(Cl)c2)c1)CO3. The summed E-state index contributed by atoms with van der Waals surface area (Å²) in [5.41, 5.74) is 5.45. The summed E-state index contributed by atoms with van der Waals surface area (Å²) in [5, 5.41) is 11.6. The van der Waals surface area contributed by atoms with Gasteiger partial charge in [0.05, 0.1) is 16.1 Å². The van der Waals surface area contributed by atoms with E-state index in [4.69, 9.17) is 37.4 Å². The molecule has 5 nitrogen and oxygen atoms in total. The standard InChI is InChI=1S/C35H33Cl2NO4/c1-3-31(24-8-5-4-6-9-24)38-19-27-18-34-33(17-26(27)16-32(38)22(2)39)41-21-35(42-34)25-10-7-11-28(15-25)40-20-23-12-13-29(36)30(37)14-23/h4-15,17-18,31-32,35,39H,2-3,16,19-21H2,1H3/t31-,32?,35?/m0/s1. The van der Waals surface area contributed by atoms with Crippen LogP contribution >= 0.6 is 23.2 Å². The van der Waals surface area contributed by atoms with Gasteiger partial charge in [-0.25, -0.2) is 0 Å². The lowest BCUT2D eigenvalue weighted by Gasteiger charge is -2.42. The van der Waals surface area contributed by atoms with E-state index in [1.807, 2.05) is 42.5 Å². The molecule has 4 aromatic carbocycles. The molecule has 0 amide bonds. The largest absolute Gasteiger partial charge is 0.511 e. The van der Waals surface area contributed by atoms with Gasteiger partial charge in [0.1, 0.15) is 24.7 Å². The monoisotopic (exact) mass is 601 g/mol. The molecule has 0 spiro atoms. The van der Waals surface area contributed by atoms with Crippen LogP contribution in [0.25, 0.3) is 0 Å². The van der Waals surface area contributed by atoms with E-state index >= 15 is 0 Å². The number of nitrogens with zero attached hydrogens (tertiary/aromatic N) is 1. The second-order valence-corrected chi connectivity index (χ2v) is 11.6. The fourth-order valence-electron chi connectivity index (χ4n) is 5.91. The van der Waals surface area contributed by atoms with Gasteiger partial charge in [0.15, 0.2) is 17.6 Å². The van der Waals surface area contributed by atoms with Gasteiger partial charge in [0.2, 0.25) is 0 Å². The van der Waals surface area contributed by atoms with Gasteiger partial charge in [-0.15, -0.1) is 0 Å². The molecule has 0 fully saturated rings. The Kier molecular flexibility index (Phi) is 8.34. The van der Waals surface area contributed by atoms with E-state index in [9.17, 15) is 5.11 Å². The lowest BCUT2D eigenvalue weighted by Crippen LogP contribution is -2.43. The number of rotatable bonds is 8. The Morgan fingerprint density at radius 2 is 1.79 bits per heavy atom. The summed E-state index contributed by atoms with van der Waals surface area (Å²) in [6, 6.07) is 28.0. The molecular formula is C35H33Cl2NO4. The zero-order valence-electron chi connectivity index (χ0n) is 23.4. The Bertz CT molecular complexity index is 1590. The molecule has 4 aromatic rings. The van der Waals surface area contributed by atoms with E-state index in [2.05, 4.69) is 54.8 Å². The Hall–Kier alpha value is -3.64. The van der Waals surface area contributed by atoms with Gasteiger partial charge in [-0.2, -0.15) is 0 Å². The summed E-state index contributed by atoms with van der Waals surface area (Å²) in [7, 11) is 0. The molecule has 0 saturated carbocycles. The molecule has 2 aliphatic heterocycles. The normalized spacial score (nSPS) is 18.6. The maximum Gasteiger partial charge on any atom is 0.162 e. The Morgan fingerprint density at radius 3 is 2.55 bits per heavy atom. The van der Waals surface area contributed by atoms with Gasteiger partial charge < -0.3 is 19.3 Å². The van der Waals surface area contributed by atoms with Gasteiger partial charge in [-0.3, -0.25) is 4.90 Å². The molecule has 3 atom stereocenters. The minimum Gasteiger partial charge on any atom is -0.511 e. The van der Waals surface area contributed by atoms with Crippen LogP contribution in [-0.2, 0) is 19.6 Å². The second-order valence-electron chi connectivity index (χ2n) is 10.8. The first kappa shape index (κ1) is 28.5. The maximum absolute atomic E-state index is 10.6. The van der Waals surface area contributed by atoms with E-state index in [0.29, 0.717) is 36.2 Å². The van der Waals surface area contributed by atoms with Crippen LogP contribution in [0, 0.1) is 0 Å². The third kappa shape index (κ3) is 5.96. The van der Waals surface area contributed by atoms with Crippen molar-refractivity contribution in [3.05, 3.63) is 135 Å². The minimum absolute atomic E-state index is 0.154. The van der Waals surface area contributed by atoms with Crippen LogP contribution in [0.1, 0.15) is 53.3 Å². The van der Waals surface area contributed by atoms with Crippen molar-refractivity contribution in [1.29, 1.82) is 0 Å². The lowest BCUT2D eigenvalue weighted by molar-refractivity contribution is 0.0857. The van der Waals surface area contributed by atoms with Gasteiger partial charge in [0, 0.05) is 12.6 Å². The van der Waals surface area contributed by atoms with Crippen molar-refractivity contribution in [2.75, 3.05) is 6.61 Å². The predicted octanol–water partition coefficient (Wildman–Crippen LogP) is 9.03. The number of ether oxygens (including phenoxy) is 3. The van der Waals surface area contributed by atoms with Crippen LogP contribution in [0.2, 0.25) is 10.0 Å². The number of fused-ring (bicyclic) bond motifs is 2. The fourth-order valence-corrected chi connectivity index (χ4v) is 6.23. The van der Waals surface area contributed by atoms with Crippen LogP contribution < -0.4 is 14.2 Å². The molecule has 0 aliphatic carbocycles. The van der Waals surface area contributed by atoms with Gasteiger partial charge in [-0.1, -0.05) is 85.2 Å². The molecule has 0 radical (unpaired) electrons. The smallest absolute Gasteiger partial charge is 0.162 e. The third-order valence-electron chi connectivity index (χ3n) is 8.07. The van der Waals surface area contributed by atoms with Gasteiger partial charge in [-0.05, 0) is 77.1 Å². The van der Waals surface area contributed by atoms with E-state index in [1.54, 1.807) is 6.07 Å². The average Bonchev–Trinajstić information content (AvgIpc) is 3.01. The molecule has 2 unspecified atom stereocenters. The molecule has 2 heterocycles. The molecule has 2 aliphatic rings. The van der Waals surface area contributed by atoms with Crippen molar-refractivity contribution in [3.63, 3.8) is 0 Å². The van der Waals surface area contributed by atoms with E-state index < -0.39 is 0 Å². The van der Waals surface area contributed by atoms with Crippen molar-refractivity contribution >= 4 is 23.2 Å². The van der Waals surface area contributed by atoms with Crippen molar-refractivity contribution in [3.8, 4) is 17.2 Å². The number of hydrogen-bond donors (Lipinski definition) is 1. The minimum atomic E-state index is -0.276. The second kappa shape index (κ2) is 12.3. The van der Waals surface area contributed by atoms with Crippen molar-refractivity contribution in [2.24, 2.45) is 0 Å². The van der Waals surface area contributed by atoms with E-state index in [1.165, 1.54) is 11.1 Å². The fraction of sp³-hybridized carbons (Fsp3) is 0.257. The highest BCUT2D eigenvalue weighted by atomic mass is 35.5. The number of hydrogen-bond acceptors (Lipinski definition) is 5. The molecule has 216 valence electrons. The van der Waals surface area contributed by atoms with E-state index in [-0.39, 0.29) is 23.9 Å². The summed E-state index contributed by atoms with van der Waals surface area (Å²) in [6.45, 7) is 7.54. The summed E-state index contributed by atoms with van der Waals surface area (Å²) in [4.78, 5) is 2.35. The number of aliphatic hydroxyl groups is 1. The first-order chi connectivity index (χ1) is 20.4. The van der Waals surface area contributed by atoms with Gasteiger partial charge >= 0.3 is 0 Å². The first-order valence-corrected chi connectivity index (χ1v) is 15.0. The van der Waals surface area contributed by atoms with Crippen molar-refractivity contribution < 1.29 is 19.3 Å². The van der Waals surface area contributed by atoms with Crippen LogP contribution in [0.5, 0.6) is 17.2 Å². The molecule has 0 saturated heterocycles. The maximum atomic E-state index is 10.6. The summed E-state index contributed by atoms with van der Waals surface area (Å²) < 4.78 is 18.8. The molecule has 7 heteroatoms. The number of benzene rings is 4. The first-order valence-electron chi connectivity index (χ1n) is 14.2. The summed E-state index contributed by atoms with van der Waals surface area (Å²) in [5.74, 6) is 2.37.